The van der Waals surface area contributed by atoms with Gasteiger partial charge in [0.25, 0.3) is 0 Å². The molecule has 114 valence electrons. The number of rotatable bonds is 5. The first-order valence-corrected chi connectivity index (χ1v) is 6.46. The molecule has 3 atom stereocenters. The van der Waals surface area contributed by atoms with E-state index < -0.39 is 35.2 Å². The Kier molecular flexibility index (Phi) is 4.75. The van der Waals surface area contributed by atoms with Gasteiger partial charge in [0, 0.05) is 13.3 Å². The quantitative estimate of drug-likeness (QED) is 0.756. The highest BCUT2D eigenvalue weighted by atomic mass is 16.7. The van der Waals surface area contributed by atoms with Crippen LogP contribution in [0.5, 0.6) is 0 Å². The first-order valence-electron chi connectivity index (χ1n) is 6.46. The van der Waals surface area contributed by atoms with E-state index in [9.17, 15) is 19.5 Å². The summed E-state index contributed by atoms with van der Waals surface area (Å²) < 4.78 is 15.2. The van der Waals surface area contributed by atoms with Crippen molar-refractivity contribution in [2.24, 2.45) is 5.41 Å². The molecule has 0 amide bonds. The second-order valence-corrected chi connectivity index (χ2v) is 4.77. The van der Waals surface area contributed by atoms with Crippen molar-refractivity contribution in [2.45, 2.75) is 51.9 Å². The van der Waals surface area contributed by atoms with Gasteiger partial charge in [0.1, 0.15) is 5.41 Å². The first kappa shape index (κ1) is 16.4. The molecule has 0 aromatic rings. The van der Waals surface area contributed by atoms with Gasteiger partial charge >= 0.3 is 17.9 Å². The lowest BCUT2D eigenvalue weighted by Gasteiger charge is -2.37. The number of carboxylic acids is 1. The Labute approximate surface area is 117 Å². The number of carbonyl (C=O) groups is 3. The minimum atomic E-state index is -1.76. The normalized spacial score (nSPS) is 32.7. The summed E-state index contributed by atoms with van der Waals surface area (Å²) in [5, 5.41) is 9.55. The standard InChI is InChI=1S/C13H20O7/c1-5-12(11(17)18-4)7-9(19-8(3)14)20-13(12,6-2)10(15)16/h9H,5-7H2,1-4H3,(H,15,16)/t9-,12?,13+/m1/s1. The predicted molar refractivity (Wildman–Crippen MR) is 66.7 cm³/mol. The molecule has 7 nitrogen and oxygen atoms in total. The third kappa shape index (κ3) is 2.26. The minimum absolute atomic E-state index is 0.0319. The number of carbonyl (C=O) groups excluding carboxylic acids is 2. The Balaban J connectivity index is 3.31. The number of methoxy groups -OCH3 is 1. The number of carboxylic acid groups (broad SMARTS) is 1. The van der Waals surface area contributed by atoms with Gasteiger partial charge in [0.2, 0.25) is 6.29 Å². The second kappa shape index (κ2) is 5.78. The lowest BCUT2D eigenvalue weighted by molar-refractivity contribution is -0.208. The molecule has 1 saturated heterocycles. The van der Waals surface area contributed by atoms with Crippen molar-refractivity contribution in [3.8, 4) is 0 Å². The molecular formula is C13H20O7. The minimum Gasteiger partial charge on any atom is -0.479 e. The van der Waals surface area contributed by atoms with Gasteiger partial charge in [-0.1, -0.05) is 13.8 Å². The van der Waals surface area contributed by atoms with E-state index in [0.717, 1.165) is 0 Å². The summed E-state index contributed by atoms with van der Waals surface area (Å²) in [6, 6.07) is 0. The summed E-state index contributed by atoms with van der Waals surface area (Å²) in [7, 11) is 1.20. The van der Waals surface area contributed by atoms with Crippen molar-refractivity contribution < 1.29 is 33.7 Å². The maximum atomic E-state index is 12.2. The van der Waals surface area contributed by atoms with Gasteiger partial charge in [-0.3, -0.25) is 9.59 Å². The highest BCUT2D eigenvalue weighted by Crippen LogP contribution is 2.52. The first-order chi connectivity index (χ1) is 9.29. The number of aliphatic carboxylic acids is 1. The molecule has 1 fully saturated rings. The molecular weight excluding hydrogens is 268 g/mol. The van der Waals surface area contributed by atoms with Gasteiger partial charge in [-0.15, -0.1) is 0 Å². The van der Waals surface area contributed by atoms with Gasteiger partial charge in [0.05, 0.1) is 7.11 Å². The zero-order chi connectivity index (χ0) is 15.6. The van der Waals surface area contributed by atoms with Crippen molar-refractivity contribution in [1.29, 1.82) is 0 Å². The van der Waals surface area contributed by atoms with Crippen LogP contribution in [0.4, 0.5) is 0 Å². The van der Waals surface area contributed by atoms with Crippen LogP contribution in [0.2, 0.25) is 0 Å². The molecule has 20 heavy (non-hydrogen) atoms. The molecule has 0 spiro atoms. The second-order valence-electron chi connectivity index (χ2n) is 4.77. The van der Waals surface area contributed by atoms with E-state index in [-0.39, 0.29) is 19.3 Å². The van der Waals surface area contributed by atoms with Gasteiger partial charge in [-0.25, -0.2) is 4.79 Å². The molecule has 0 aromatic carbocycles. The largest absolute Gasteiger partial charge is 0.479 e. The smallest absolute Gasteiger partial charge is 0.337 e. The molecule has 1 rings (SSSR count). The Morgan fingerprint density at radius 1 is 1.30 bits per heavy atom. The lowest BCUT2D eigenvalue weighted by Crippen LogP contribution is -2.55. The van der Waals surface area contributed by atoms with Crippen LogP contribution in [0, 0.1) is 5.41 Å². The number of ether oxygens (including phenoxy) is 3. The Hall–Kier alpha value is -1.63. The summed E-state index contributed by atoms with van der Waals surface area (Å²) in [6.07, 6.45) is -0.834. The fourth-order valence-corrected chi connectivity index (χ4v) is 2.92. The average Bonchev–Trinajstić information content (AvgIpc) is 2.72. The maximum absolute atomic E-state index is 12.2. The van der Waals surface area contributed by atoms with Crippen LogP contribution in [-0.2, 0) is 28.6 Å². The van der Waals surface area contributed by atoms with E-state index in [0.29, 0.717) is 0 Å². The fourth-order valence-electron chi connectivity index (χ4n) is 2.92. The van der Waals surface area contributed by atoms with E-state index >= 15 is 0 Å². The molecule has 7 heteroatoms. The molecule has 0 aliphatic carbocycles. The van der Waals surface area contributed by atoms with Crippen molar-refractivity contribution in [3.05, 3.63) is 0 Å². The van der Waals surface area contributed by atoms with E-state index in [2.05, 4.69) is 0 Å². The SMILES string of the molecule is CCC1(C(=O)OC)C[C@H](OC(C)=O)O[C@@]1(CC)C(=O)O. The van der Waals surface area contributed by atoms with Crippen molar-refractivity contribution in [1.82, 2.24) is 0 Å². The monoisotopic (exact) mass is 288 g/mol. The molecule has 0 aromatic heterocycles. The van der Waals surface area contributed by atoms with Gasteiger partial charge < -0.3 is 19.3 Å². The average molecular weight is 288 g/mol. The molecule has 0 saturated carbocycles. The van der Waals surface area contributed by atoms with Gasteiger partial charge in [-0.05, 0) is 12.8 Å². The molecule has 0 bridgehead atoms. The molecule has 0 radical (unpaired) electrons. The lowest BCUT2D eigenvalue weighted by atomic mass is 9.68. The summed E-state index contributed by atoms with van der Waals surface area (Å²) in [4.78, 5) is 34.9. The van der Waals surface area contributed by atoms with Crippen LogP contribution in [0.15, 0.2) is 0 Å². The van der Waals surface area contributed by atoms with Gasteiger partial charge in [-0.2, -0.15) is 0 Å². The Morgan fingerprint density at radius 3 is 2.25 bits per heavy atom. The highest BCUT2D eigenvalue weighted by Gasteiger charge is 2.68. The summed E-state index contributed by atoms with van der Waals surface area (Å²) in [5.41, 5.74) is -3.13. The summed E-state index contributed by atoms with van der Waals surface area (Å²) >= 11 is 0. The van der Waals surface area contributed by atoms with E-state index in [4.69, 9.17) is 14.2 Å². The van der Waals surface area contributed by atoms with Crippen molar-refractivity contribution >= 4 is 17.9 Å². The molecule has 1 aliphatic heterocycles. The number of hydrogen-bond acceptors (Lipinski definition) is 6. The highest BCUT2D eigenvalue weighted by molar-refractivity contribution is 5.90. The summed E-state index contributed by atoms with van der Waals surface area (Å²) in [5.74, 6) is -2.53. The predicted octanol–water partition coefficient (Wildman–Crippen LogP) is 1.10. The van der Waals surface area contributed by atoms with Crippen LogP contribution in [0.3, 0.4) is 0 Å². The Morgan fingerprint density at radius 2 is 1.90 bits per heavy atom. The third-order valence-corrected chi connectivity index (χ3v) is 3.94. The maximum Gasteiger partial charge on any atom is 0.337 e. The van der Waals surface area contributed by atoms with Crippen LogP contribution < -0.4 is 0 Å². The van der Waals surface area contributed by atoms with Crippen LogP contribution in [-0.4, -0.2) is 42.0 Å². The molecule has 1 N–H and O–H groups in total. The fraction of sp³-hybridized carbons (Fsp3) is 0.769. The molecule has 1 unspecified atom stereocenters. The number of esters is 2. The zero-order valence-corrected chi connectivity index (χ0v) is 12.1. The topological polar surface area (TPSA) is 99.1 Å². The molecule has 1 aliphatic rings. The van der Waals surface area contributed by atoms with Crippen LogP contribution in [0.1, 0.15) is 40.0 Å². The van der Waals surface area contributed by atoms with Crippen LogP contribution >= 0.6 is 0 Å². The summed E-state index contributed by atoms with van der Waals surface area (Å²) in [6.45, 7) is 4.49. The van der Waals surface area contributed by atoms with Crippen molar-refractivity contribution in [2.75, 3.05) is 7.11 Å². The van der Waals surface area contributed by atoms with Crippen LogP contribution in [0.25, 0.3) is 0 Å². The Bertz CT molecular complexity index is 419. The molecule has 1 heterocycles. The van der Waals surface area contributed by atoms with Gasteiger partial charge in [0.15, 0.2) is 5.60 Å². The van der Waals surface area contributed by atoms with Crippen molar-refractivity contribution in [3.63, 3.8) is 0 Å². The number of hydrogen-bond donors (Lipinski definition) is 1. The third-order valence-electron chi connectivity index (χ3n) is 3.94. The van der Waals surface area contributed by atoms with E-state index in [1.807, 2.05) is 0 Å². The van der Waals surface area contributed by atoms with E-state index in [1.165, 1.54) is 14.0 Å². The van der Waals surface area contributed by atoms with E-state index in [1.54, 1.807) is 13.8 Å². The zero-order valence-electron chi connectivity index (χ0n) is 12.1.